The van der Waals surface area contributed by atoms with Gasteiger partial charge in [-0.15, -0.1) is 0 Å². The van der Waals surface area contributed by atoms with Crippen molar-refractivity contribution in [2.75, 3.05) is 13.2 Å². The van der Waals surface area contributed by atoms with Gasteiger partial charge in [-0.1, -0.05) is 53.7 Å². The number of hydrogen-bond donors (Lipinski definition) is 0. The van der Waals surface area contributed by atoms with E-state index in [1.807, 2.05) is 6.92 Å². The molecule has 0 saturated carbocycles. The molecule has 0 radical (unpaired) electrons. The highest BCUT2D eigenvalue weighted by atomic mass is 28.4. The third-order valence-corrected chi connectivity index (χ3v) is 10.1. The Morgan fingerprint density at radius 2 is 1.83 bits per heavy atom. The Morgan fingerprint density at radius 1 is 1.22 bits per heavy atom. The minimum Gasteiger partial charge on any atom is -0.466 e. The van der Waals surface area contributed by atoms with Crippen LogP contribution in [0.2, 0.25) is 10.1 Å². The van der Waals surface area contributed by atoms with E-state index in [0.29, 0.717) is 19.6 Å². The van der Waals surface area contributed by atoms with E-state index in [4.69, 9.17) is 13.6 Å². The molecule has 0 bridgehead atoms. The van der Waals surface area contributed by atoms with Crippen molar-refractivity contribution < 1.29 is 18.4 Å². The van der Waals surface area contributed by atoms with Gasteiger partial charge < -0.3 is 13.6 Å². The molecule has 0 aromatic rings. The molecule has 0 aromatic carbocycles. The SMILES string of the molecule is CCOC(=O)[C@H]1CC=C[C@H]2O[Si](C(C)(C)C)(C(C)(C)C)OC[C@H]12. The Hall–Kier alpha value is -0.653. The predicted molar refractivity (Wildman–Crippen MR) is 93.4 cm³/mol. The highest BCUT2D eigenvalue weighted by molar-refractivity contribution is 6.73. The molecule has 2 aliphatic rings. The monoisotopic (exact) mass is 340 g/mol. The quantitative estimate of drug-likeness (QED) is 0.429. The maximum absolute atomic E-state index is 12.3. The number of rotatable bonds is 2. The summed E-state index contributed by atoms with van der Waals surface area (Å²) in [5.41, 5.74) is 0. The van der Waals surface area contributed by atoms with Crippen molar-refractivity contribution in [1.29, 1.82) is 0 Å². The molecule has 3 atom stereocenters. The molecule has 1 heterocycles. The topological polar surface area (TPSA) is 44.8 Å². The molecule has 1 aliphatic carbocycles. The second kappa shape index (κ2) is 6.34. The molecule has 5 heteroatoms. The molecule has 23 heavy (non-hydrogen) atoms. The first-order valence-corrected chi connectivity index (χ1v) is 10.5. The fourth-order valence-electron chi connectivity index (χ4n) is 4.11. The van der Waals surface area contributed by atoms with Crippen LogP contribution in [0.15, 0.2) is 12.2 Å². The van der Waals surface area contributed by atoms with Crippen molar-refractivity contribution in [3.8, 4) is 0 Å². The first-order chi connectivity index (χ1) is 10.5. The second-order valence-electron chi connectivity index (χ2n) is 8.70. The second-order valence-corrected chi connectivity index (χ2v) is 13.5. The molecule has 1 aliphatic heterocycles. The largest absolute Gasteiger partial charge is 0.466 e. The van der Waals surface area contributed by atoms with E-state index in [-0.39, 0.29) is 34.0 Å². The van der Waals surface area contributed by atoms with Gasteiger partial charge in [0.2, 0.25) is 0 Å². The van der Waals surface area contributed by atoms with Gasteiger partial charge in [0.25, 0.3) is 0 Å². The average molecular weight is 341 g/mol. The van der Waals surface area contributed by atoms with Gasteiger partial charge >= 0.3 is 14.5 Å². The van der Waals surface area contributed by atoms with Gasteiger partial charge in [0, 0.05) is 22.6 Å². The number of fused-ring (bicyclic) bond motifs is 1. The molecule has 4 nitrogen and oxygen atoms in total. The van der Waals surface area contributed by atoms with Crippen LogP contribution in [0.4, 0.5) is 0 Å². The predicted octanol–water partition coefficient (Wildman–Crippen LogP) is 4.20. The Morgan fingerprint density at radius 3 is 2.35 bits per heavy atom. The number of ether oxygens (including phenoxy) is 1. The zero-order valence-corrected chi connectivity index (χ0v) is 16.6. The van der Waals surface area contributed by atoms with E-state index in [9.17, 15) is 4.79 Å². The van der Waals surface area contributed by atoms with Crippen molar-refractivity contribution in [3.05, 3.63) is 12.2 Å². The van der Waals surface area contributed by atoms with Crippen LogP contribution in [-0.2, 0) is 18.4 Å². The molecule has 1 fully saturated rings. The molecular formula is C18H32O4Si. The van der Waals surface area contributed by atoms with Crippen molar-refractivity contribution >= 4 is 14.5 Å². The fraction of sp³-hybridized carbons (Fsp3) is 0.833. The van der Waals surface area contributed by atoms with Gasteiger partial charge in [0.1, 0.15) is 0 Å². The van der Waals surface area contributed by atoms with Gasteiger partial charge in [0.05, 0.1) is 18.6 Å². The Kier molecular flexibility index (Phi) is 5.15. The smallest absolute Gasteiger partial charge is 0.349 e. The molecule has 132 valence electrons. The lowest BCUT2D eigenvalue weighted by atomic mass is 9.81. The molecule has 0 amide bonds. The fourth-order valence-corrected chi connectivity index (χ4v) is 9.07. The van der Waals surface area contributed by atoms with Crippen LogP contribution in [0.3, 0.4) is 0 Å². The van der Waals surface area contributed by atoms with Gasteiger partial charge in [-0.3, -0.25) is 4.79 Å². The van der Waals surface area contributed by atoms with E-state index in [2.05, 4.69) is 53.7 Å². The van der Waals surface area contributed by atoms with E-state index >= 15 is 0 Å². The van der Waals surface area contributed by atoms with Crippen LogP contribution in [0.1, 0.15) is 54.9 Å². The third kappa shape index (κ3) is 3.28. The summed E-state index contributed by atoms with van der Waals surface area (Å²) in [6.07, 6.45) is 4.87. The Labute approximate surface area is 141 Å². The van der Waals surface area contributed by atoms with E-state index in [1.54, 1.807) is 0 Å². The Bertz CT molecular complexity index is 458. The maximum atomic E-state index is 12.3. The standard InChI is InChI=1S/C18H32O4Si/c1-8-20-16(19)13-10-9-11-15-14(13)12-21-23(22-15,17(2,3)4)18(5,6)7/h9,11,13-15H,8,10,12H2,1-7H3/t13-,14+,15+/m0/s1. The highest BCUT2D eigenvalue weighted by Gasteiger charge is 2.62. The molecule has 0 aromatic heterocycles. The lowest BCUT2D eigenvalue weighted by Crippen LogP contribution is -2.64. The van der Waals surface area contributed by atoms with E-state index < -0.39 is 8.56 Å². The first-order valence-electron chi connectivity index (χ1n) is 8.68. The van der Waals surface area contributed by atoms with Crippen LogP contribution < -0.4 is 0 Å². The lowest BCUT2D eigenvalue weighted by molar-refractivity contribution is -0.154. The normalized spacial score (nSPS) is 30.7. The molecule has 0 spiro atoms. The summed E-state index contributed by atoms with van der Waals surface area (Å²) in [6.45, 7) is 16.1. The third-order valence-electron chi connectivity index (χ3n) is 5.00. The van der Waals surface area contributed by atoms with Gasteiger partial charge in [-0.05, 0) is 13.3 Å². The maximum Gasteiger partial charge on any atom is 0.349 e. The summed E-state index contributed by atoms with van der Waals surface area (Å²) >= 11 is 0. The van der Waals surface area contributed by atoms with Crippen molar-refractivity contribution in [3.63, 3.8) is 0 Å². The minimum absolute atomic E-state index is 0.0407. The minimum atomic E-state index is -2.48. The zero-order chi connectivity index (χ0) is 17.5. The van der Waals surface area contributed by atoms with E-state index in [0.717, 1.165) is 0 Å². The highest BCUT2D eigenvalue weighted by Crippen LogP contribution is 2.55. The van der Waals surface area contributed by atoms with Crippen LogP contribution in [0.25, 0.3) is 0 Å². The average Bonchev–Trinajstić information content (AvgIpc) is 2.43. The molecular weight excluding hydrogens is 308 g/mol. The van der Waals surface area contributed by atoms with Crippen LogP contribution >= 0.6 is 0 Å². The van der Waals surface area contributed by atoms with Crippen molar-refractivity contribution in [1.82, 2.24) is 0 Å². The number of esters is 1. The summed E-state index contributed by atoms with van der Waals surface area (Å²) in [7, 11) is -2.48. The van der Waals surface area contributed by atoms with E-state index in [1.165, 1.54) is 0 Å². The Balaban J connectivity index is 2.29. The summed E-state index contributed by atoms with van der Waals surface area (Å²) in [5, 5.41) is -0.0815. The molecule has 0 unspecified atom stereocenters. The molecule has 0 N–H and O–H groups in total. The summed E-state index contributed by atoms with van der Waals surface area (Å²) in [6, 6.07) is 0. The summed E-state index contributed by atoms with van der Waals surface area (Å²) in [4.78, 5) is 12.3. The number of hydrogen-bond acceptors (Lipinski definition) is 4. The molecule has 1 saturated heterocycles. The van der Waals surface area contributed by atoms with Crippen LogP contribution in [-0.4, -0.2) is 33.8 Å². The summed E-state index contributed by atoms with van der Waals surface area (Å²) < 4.78 is 18.4. The number of carbonyl (C=O) groups excluding carboxylic acids is 1. The zero-order valence-electron chi connectivity index (χ0n) is 15.6. The summed E-state index contributed by atoms with van der Waals surface area (Å²) in [5.74, 6) is -0.221. The van der Waals surface area contributed by atoms with Crippen molar-refractivity contribution in [2.45, 2.75) is 71.1 Å². The van der Waals surface area contributed by atoms with Crippen LogP contribution in [0, 0.1) is 11.8 Å². The number of allylic oxidation sites excluding steroid dienone is 1. The van der Waals surface area contributed by atoms with Gasteiger partial charge in [-0.2, -0.15) is 0 Å². The lowest BCUT2D eigenvalue weighted by Gasteiger charge is -2.55. The van der Waals surface area contributed by atoms with Gasteiger partial charge in [0.15, 0.2) is 0 Å². The van der Waals surface area contributed by atoms with Crippen LogP contribution in [0.5, 0.6) is 0 Å². The van der Waals surface area contributed by atoms with Crippen molar-refractivity contribution in [2.24, 2.45) is 11.8 Å². The number of carbonyl (C=O) groups is 1. The molecule has 2 rings (SSSR count). The van der Waals surface area contributed by atoms with Gasteiger partial charge in [-0.25, -0.2) is 0 Å². The first kappa shape index (κ1) is 18.7.